The minimum atomic E-state index is -4.44. The van der Waals surface area contributed by atoms with Crippen LogP contribution in [0.3, 0.4) is 0 Å². The molecule has 0 heterocycles. The Morgan fingerprint density at radius 3 is 2.47 bits per heavy atom. The van der Waals surface area contributed by atoms with Crippen LogP contribution < -0.4 is 4.72 Å². The molecule has 1 N–H and O–H groups in total. The van der Waals surface area contributed by atoms with E-state index in [4.69, 9.17) is 11.6 Å². The molecule has 8 heteroatoms. The summed E-state index contributed by atoms with van der Waals surface area (Å²) >= 11 is 5.13. The Morgan fingerprint density at radius 2 is 1.94 bits per heavy atom. The zero-order chi connectivity index (χ0) is 13.1. The molecule has 0 aromatic heterocycles. The first-order valence-corrected chi connectivity index (χ1v) is 6.63. The molecule has 0 atom stereocenters. The molecule has 0 fully saturated rings. The Morgan fingerprint density at radius 1 is 1.29 bits per heavy atom. The maximum atomic E-state index is 12.3. The molecule has 17 heavy (non-hydrogen) atoms. The lowest BCUT2D eigenvalue weighted by Crippen LogP contribution is -2.24. The van der Waals surface area contributed by atoms with Gasteiger partial charge in [-0.05, 0) is 11.6 Å². The van der Waals surface area contributed by atoms with Crippen molar-refractivity contribution < 1.29 is 21.6 Å². The van der Waals surface area contributed by atoms with E-state index in [1.54, 1.807) is 0 Å². The minimum Gasteiger partial charge on any atom is -0.211 e. The highest BCUT2D eigenvalue weighted by molar-refractivity contribution is 7.90. The predicted octanol–water partition coefficient (Wildman–Crippen LogP) is 2.32. The van der Waals surface area contributed by atoms with E-state index in [0.29, 0.717) is 0 Å². The second-order valence-corrected chi connectivity index (χ2v) is 5.63. The molecule has 0 aliphatic heterocycles. The predicted molar refractivity (Wildman–Crippen MR) is 57.9 cm³/mol. The Balaban J connectivity index is 2.81. The topological polar surface area (TPSA) is 46.2 Å². The fourth-order valence-electron chi connectivity index (χ4n) is 1.09. The molecule has 0 aliphatic carbocycles. The Kier molecular flexibility index (Phi) is 4.40. The summed E-state index contributed by atoms with van der Waals surface area (Å²) in [5, 5.41) is -0.633. The van der Waals surface area contributed by atoms with Gasteiger partial charge in [-0.25, -0.2) is 13.1 Å². The first-order chi connectivity index (χ1) is 7.74. The minimum absolute atomic E-state index is 0.216. The fourth-order valence-corrected chi connectivity index (χ4v) is 1.78. The lowest BCUT2D eigenvalue weighted by Gasteiger charge is -2.09. The highest BCUT2D eigenvalue weighted by Gasteiger charge is 2.30. The third-order valence-electron chi connectivity index (χ3n) is 1.89. The molecule has 0 unspecified atom stereocenters. The molecule has 3 nitrogen and oxygen atoms in total. The lowest BCUT2D eigenvalue weighted by atomic mass is 10.1. The fraction of sp³-hybridized carbons (Fsp3) is 0.333. The quantitative estimate of drug-likeness (QED) is 0.864. The number of sulfonamides is 1. The largest absolute Gasteiger partial charge is 0.416 e. The second kappa shape index (κ2) is 5.24. The van der Waals surface area contributed by atoms with E-state index in [9.17, 15) is 21.6 Å². The van der Waals surface area contributed by atoms with E-state index in [1.807, 2.05) is 0 Å². The Hall–Kier alpha value is -0.790. The molecule has 1 aromatic carbocycles. The van der Waals surface area contributed by atoms with Gasteiger partial charge in [0.25, 0.3) is 0 Å². The van der Waals surface area contributed by atoms with Crippen molar-refractivity contribution >= 4 is 21.6 Å². The van der Waals surface area contributed by atoms with E-state index < -0.39 is 27.0 Å². The van der Waals surface area contributed by atoms with Crippen LogP contribution in [0.15, 0.2) is 24.3 Å². The average Bonchev–Trinajstić information content (AvgIpc) is 2.26. The van der Waals surface area contributed by atoms with E-state index >= 15 is 0 Å². The van der Waals surface area contributed by atoms with Crippen molar-refractivity contribution in [1.82, 2.24) is 4.72 Å². The number of benzene rings is 1. The summed E-state index contributed by atoms with van der Waals surface area (Å²) in [6, 6.07) is 4.41. The van der Waals surface area contributed by atoms with E-state index in [0.717, 1.165) is 12.1 Å². The summed E-state index contributed by atoms with van der Waals surface area (Å²) < 4.78 is 61.1. The van der Waals surface area contributed by atoms with Crippen LogP contribution in [0.4, 0.5) is 13.2 Å². The third-order valence-corrected chi connectivity index (χ3v) is 3.63. The lowest BCUT2D eigenvalue weighted by molar-refractivity contribution is -0.137. The van der Waals surface area contributed by atoms with Crippen LogP contribution >= 0.6 is 11.6 Å². The van der Waals surface area contributed by atoms with Crippen LogP contribution in [0, 0.1) is 0 Å². The van der Waals surface area contributed by atoms with Crippen LogP contribution in [-0.2, 0) is 22.7 Å². The molecule has 1 rings (SSSR count). The third kappa shape index (κ3) is 4.53. The van der Waals surface area contributed by atoms with Crippen LogP contribution in [0.2, 0.25) is 0 Å². The van der Waals surface area contributed by atoms with Gasteiger partial charge in [0, 0.05) is 6.54 Å². The van der Waals surface area contributed by atoms with Gasteiger partial charge < -0.3 is 0 Å². The monoisotopic (exact) mass is 287 g/mol. The number of halogens is 4. The van der Waals surface area contributed by atoms with Crippen molar-refractivity contribution in [3.8, 4) is 0 Å². The average molecular weight is 288 g/mol. The van der Waals surface area contributed by atoms with E-state index in [1.165, 1.54) is 12.1 Å². The number of hydrogen-bond donors (Lipinski definition) is 1. The van der Waals surface area contributed by atoms with Crippen molar-refractivity contribution in [2.45, 2.75) is 12.7 Å². The van der Waals surface area contributed by atoms with Gasteiger partial charge in [-0.3, -0.25) is 0 Å². The maximum absolute atomic E-state index is 12.3. The standard InChI is InChI=1S/C9H9ClF3NO2S/c10-6-17(15,16)14-5-7-2-1-3-8(4-7)9(11,12)13/h1-4,14H,5-6H2. The van der Waals surface area contributed by atoms with Gasteiger partial charge in [0.1, 0.15) is 5.21 Å². The molecule has 96 valence electrons. The van der Waals surface area contributed by atoms with Gasteiger partial charge in [0.2, 0.25) is 10.0 Å². The Bertz CT molecular complexity index is 487. The van der Waals surface area contributed by atoms with Crippen LogP contribution in [-0.4, -0.2) is 13.6 Å². The molecular formula is C9H9ClF3NO2S. The smallest absolute Gasteiger partial charge is 0.211 e. The molecule has 0 bridgehead atoms. The van der Waals surface area contributed by atoms with E-state index in [2.05, 4.69) is 4.72 Å². The number of alkyl halides is 4. The molecule has 0 radical (unpaired) electrons. The summed E-state index contributed by atoms with van der Waals surface area (Å²) in [6.45, 7) is -0.223. The van der Waals surface area contributed by atoms with Crippen molar-refractivity contribution in [2.75, 3.05) is 5.21 Å². The summed E-state index contributed by atoms with van der Waals surface area (Å²) in [5.41, 5.74) is -0.603. The first-order valence-electron chi connectivity index (χ1n) is 4.44. The number of rotatable bonds is 4. The molecule has 0 spiro atoms. The van der Waals surface area contributed by atoms with Crippen LogP contribution in [0.25, 0.3) is 0 Å². The van der Waals surface area contributed by atoms with Crippen molar-refractivity contribution in [2.24, 2.45) is 0 Å². The molecule has 1 aromatic rings. The highest BCUT2D eigenvalue weighted by Crippen LogP contribution is 2.29. The maximum Gasteiger partial charge on any atom is 0.416 e. The van der Waals surface area contributed by atoms with Gasteiger partial charge in [0.15, 0.2) is 0 Å². The van der Waals surface area contributed by atoms with Gasteiger partial charge in [0.05, 0.1) is 5.56 Å². The molecule has 0 saturated heterocycles. The summed E-state index contributed by atoms with van der Waals surface area (Å²) in [5.74, 6) is 0. The van der Waals surface area contributed by atoms with E-state index in [-0.39, 0.29) is 12.1 Å². The van der Waals surface area contributed by atoms with Crippen molar-refractivity contribution in [3.05, 3.63) is 35.4 Å². The summed E-state index contributed by atoms with van der Waals surface area (Å²) in [4.78, 5) is 0. The molecule has 0 saturated carbocycles. The number of nitrogens with one attached hydrogen (secondary N) is 1. The molecule has 0 amide bonds. The Labute approximate surface area is 102 Å². The summed E-state index contributed by atoms with van der Waals surface area (Å²) in [6.07, 6.45) is -4.44. The van der Waals surface area contributed by atoms with Gasteiger partial charge in [-0.15, -0.1) is 11.6 Å². The van der Waals surface area contributed by atoms with Crippen LogP contribution in [0.1, 0.15) is 11.1 Å². The number of hydrogen-bond acceptors (Lipinski definition) is 2. The van der Waals surface area contributed by atoms with Gasteiger partial charge in [-0.2, -0.15) is 13.2 Å². The van der Waals surface area contributed by atoms with Gasteiger partial charge >= 0.3 is 6.18 Å². The molecular weight excluding hydrogens is 279 g/mol. The second-order valence-electron chi connectivity index (χ2n) is 3.24. The van der Waals surface area contributed by atoms with Crippen LogP contribution in [0.5, 0.6) is 0 Å². The SMILES string of the molecule is O=S(=O)(CCl)NCc1cccc(C(F)(F)F)c1. The zero-order valence-electron chi connectivity index (χ0n) is 8.46. The normalized spacial score (nSPS) is 12.7. The zero-order valence-corrected chi connectivity index (χ0v) is 10.0. The van der Waals surface area contributed by atoms with Gasteiger partial charge in [-0.1, -0.05) is 18.2 Å². The summed E-state index contributed by atoms with van der Waals surface area (Å²) in [7, 11) is -3.63. The van der Waals surface area contributed by atoms with Crippen molar-refractivity contribution in [1.29, 1.82) is 0 Å². The first kappa shape index (κ1) is 14.3. The highest BCUT2D eigenvalue weighted by atomic mass is 35.5. The van der Waals surface area contributed by atoms with Crippen molar-refractivity contribution in [3.63, 3.8) is 0 Å². The molecule has 0 aliphatic rings.